The first kappa shape index (κ1) is 17.5. The molecule has 0 radical (unpaired) electrons. The lowest BCUT2D eigenvalue weighted by molar-refractivity contribution is 0.0910. The average Bonchev–Trinajstić information content (AvgIpc) is 3.23. The fourth-order valence-corrected chi connectivity index (χ4v) is 3.63. The molecule has 6 nitrogen and oxygen atoms in total. The van der Waals surface area contributed by atoms with Gasteiger partial charge in [0, 0.05) is 11.9 Å². The molecular weight excluding hydrogens is 344 g/mol. The minimum atomic E-state index is -0.626. The Morgan fingerprint density at radius 1 is 1.11 bits per heavy atom. The molecule has 4 rings (SSSR count). The fourth-order valence-electron chi connectivity index (χ4n) is 3.63. The molecule has 1 fully saturated rings. The number of rotatable bonds is 5. The lowest BCUT2D eigenvalue weighted by Crippen LogP contribution is -2.41. The van der Waals surface area contributed by atoms with Crippen LogP contribution in [0, 0.1) is 0 Å². The zero-order valence-electron chi connectivity index (χ0n) is 15.0. The molecule has 0 spiro atoms. The highest BCUT2D eigenvalue weighted by atomic mass is 16.4. The number of para-hydroxylation sites is 1. The van der Waals surface area contributed by atoms with Crippen molar-refractivity contribution in [1.29, 1.82) is 0 Å². The molecule has 2 aromatic heterocycles. The maximum absolute atomic E-state index is 12.6. The van der Waals surface area contributed by atoms with E-state index >= 15 is 0 Å². The lowest BCUT2D eigenvalue weighted by Gasteiger charge is -2.33. The monoisotopic (exact) mass is 366 g/mol. The zero-order valence-corrected chi connectivity index (χ0v) is 15.0. The number of fused-ring (bicyclic) bond motifs is 1. The third-order valence-electron chi connectivity index (χ3n) is 5.05. The SMILES string of the molecule is O=C(NC[C@@H](c1ccco1)N1CCCCC1)c1cc2ccccc2oc1=O. The summed E-state index contributed by atoms with van der Waals surface area (Å²) in [5.74, 6) is 0.394. The van der Waals surface area contributed by atoms with E-state index in [4.69, 9.17) is 8.83 Å². The van der Waals surface area contributed by atoms with Crippen molar-refractivity contribution in [1.82, 2.24) is 10.2 Å². The minimum absolute atomic E-state index is 0.0190. The first-order valence-corrected chi connectivity index (χ1v) is 9.31. The number of nitrogens with zero attached hydrogens (tertiary/aromatic N) is 1. The van der Waals surface area contributed by atoms with Gasteiger partial charge in [-0.05, 0) is 50.2 Å². The molecule has 0 unspecified atom stereocenters. The van der Waals surface area contributed by atoms with Gasteiger partial charge in [0.1, 0.15) is 16.9 Å². The van der Waals surface area contributed by atoms with Gasteiger partial charge in [-0.25, -0.2) is 4.79 Å². The molecule has 1 aliphatic rings. The van der Waals surface area contributed by atoms with Crippen LogP contribution in [0.3, 0.4) is 0 Å². The minimum Gasteiger partial charge on any atom is -0.468 e. The molecule has 3 aromatic rings. The van der Waals surface area contributed by atoms with Gasteiger partial charge in [-0.2, -0.15) is 0 Å². The third kappa shape index (κ3) is 3.80. The normalized spacial score (nSPS) is 16.3. The summed E-state index contributed by atoms with van der Waals surface area (Å²) in [6.07, 6.45) is 5.15. The van der Waals surface area contributed by atoms with E-state index < -0.39 is 11.5 Å². The lowest BCUT2D eigenvalue weighted by atomic mass is 10.1. The first-order valence-electron chi connectivity index (χ1n) is 9.31. The number of carbonyl (C=O) groups excluding carboxylic acids is 1. The molecule has 1 atom stereocenters. The standard InChI is InChI=1S/C21H22N2O4/c24-20(16-13-15-7-2-3-8-18(15)27-21(16)25)22-14-17(19-9-6-12-26-19)23-10-4-1-5-11-23/h2-3,6-9,12-13,17H,1,4-5,10-11,14H2,(H,22,24)/t17-/m0/s1. The van der Waals surface area contributed by atoms with E-state index in [1.165, 1.54) is 6.42 Å². The number of piperidine rings is 1. The molecule has 0 bridgehead atoms. The maximum atomic E-state index is 12.6. The van der Waals surface area contributed by atoms with E-state index in [0.29, 0.717) is 12.1 Å². The second-order valence-electron chi connectivity index (χ2n) is 6.82. The van der Waals surface area contributed by atoms with Gasteiger partial charge in [-0.3, -0.25) is 9.69 Å². The summed E-state index contributed by atoms with van der Waals surface area (Å²) in [5, 5.41) is 3.61. The molecule has 0 saturated carbocycles. The number of carbonyl (C=O) groups is 1. The Balaban J connectivity index is 1.53. The summed E-state index contributed by atoms with van der Waals surface area (Å²) < 4.78 is 10.9. The smallest absolute Gasteiger partial charge is 0.349 e. The van der Waals surface area contributed by atoms with Crippen LogP contribution in [-0.4, -0.2) is 30.4 Å². The van der Waals surface area contributed by atoms with Gasteiger partial charge < -0.3 is 14.2 Å². The van der Waals surface area contributed by atoms with Gasteiger partial charge in [-0.1, -0.05) is 24.6 Å². The van der Waals surface area contributed by atoms with Gasteiger partial charge in [-0.15, -0.1) is 0 Å². The Hall–Kier alpha value is -2.86. The molecular formula is C21H22N2O4. The summed E-state index contributed by atoms with van der Waals surface area (Å²) in [4.78, 5) is 27.2. The van der Waals surface area contributed by atoms with E-state index in [-0.39, 0.29) is 11.6 Å². The Morgan fingerprint density at radius 2 is 1.93 bits per heavy atom. The van der Waals surface area contributed by atoms with Crippen molar-refractivity contribution in [2.75, 3.05) is 19.6 Å². The highest BCUT2D eigenvalue weighted by Gasteiger charge is 2.25. The van der Waals surface area contributed by atoms with Crippen molar-refractivity contribution in [3.05, 3.63) is 70.5 Å². The Kier molecular flexibility index (Phi) is 5.07. The molecule has 27 heavy (non-hydrogen) atoms. The van der Waals surface area contributed by atoms with Gasteiger partial charge in [0.15, 0.2) is 0 Å². The van der Waals surface area contributed by atoms with Crippen molar-refractivity contribution in [3.63, 3.8) is 0 Å². The summed E-state index contributed by atoms with van der Waals surface area (Å²) in [7, 11) is 0. The molecule has 1 N–H and O–H groups in total. The average molecular weight is 366 g/mol. The van der Waals surface area contributed by atoms with Crippen LogP contribution in [0.15, 0.2) is 62.4 Å². The summed E-state index contributed by atoms with van der Waals surface area (Å²) in [5.41, 5.74) is -0.134. The topological polar surface area (TPSA) is 75.7 Å². The molecule has 3 heterocycles. The van der Waals surface area contributed by atoms with Gasteiger partial charge in [0.2, 0.25) is 0 Å². The number of amides is 1. The van der Waals surface area contributed by atoms with Gasteiger partial charge in [0.05, 0.1) is 12.3 Å². The molecule has 1 aliphatic heterocycles. The zero-order chi connectivity index (χ0) is 18.6. The van der Waals surface area contributed by atoms with E-state index in [0.717, 1.165) is 37.1 Å². The van der Waals surface area contributed by atoms with Crippen LogP contribution in [0.2, 0.25) is 0 Å². The quantitative estimate of drug-likeness (QED) is 0.701. The van der Waals surface area contributed by atoms with Crippen LogP contribution < -0.4 is 10.9 Å². The summed E-state index contributed by atoms with van der Waals surface area (Å²) in [6.45, 7) is 2.32. The summed E-state index contributed by atoms with van der Waals surface area (Å²) >= 11 is 0. The van der Waals surface area contributed by atoms with E-state index in [9.17, 15) is 9.59 Å². The van der Waals surface area contributed by atoms with Crippen LogP contribution >= 0.6 is 0 Å². The molecule has 6 heteroatoms. The van der Waals surface area contributed by atoms with Crippen molar-refractivity contribution in [2.24, 2.45) is 0 Å². The van der Waals surface area contributed by atoms with Gasteiger partial charge in [0.25, 0.3) is 5.91 Å². The molecule has 1 amide bonds. The highest BCUT2D eigenvalue weighted by molar-refractivity contribution is 5.96. The highest BCUT2D eigenvalue weighted by Crippen LogP contribution is 2.24. The van der Waals surface area contributed by atoms with Crippen LogP contribution in [0.5, 0.6) is 0 Å². The van der Waals surface area contributed by atoms with E-state index in [1.807, 2.05) is 24.3 Å². The number of nitrogens with one attached hydrogen (secondary N) is 1. The second-order valence-corrected chi connectivity index (χ2v) is 6.82. The van der Waals surface area contributed by atoms with E-state index in [2.05, 4.69) is 10.2 Å². The van der Waals surface area contributed by atoms with E-state index in [1.54, 1.807) is 24.5 Å². The molecule has 140 valence electrons. The van der Waals surface area contributed by atoms with Crippen LogP contribution in [0.25, 0.3) is 11.0 Å². The molecule has 1 aromatic carbocycles. The van der Waals surface area contributed by atoms with Crippen molar-refractivity contribution in [2.45, 2.75) is 25.3 Å². The first-order chi connectivity index (χ1) is 13.2. The van der Waals surface area contributed by atoms with Crippen LogP contribution in [0.4, 0.5) is 0 Å². The number of furan rings is 1. The fraction of sp³-hybridized carbons (Fsp3) is 0.333. The summed E-state index contributed by atoms with van der Waals surface area (Å²) in [6, 6.07) is 12.5. The number of hydrogen-bond donors (Lipinski definition) is 1. The Bertz CT molecular complexity index is 971. The number of likely N-dealkylation sites (tertiary alicyclic amines) is 1. The number of benzene rings is 1. The van der Waals surface area contributed by atoms with Crippen molar-refractivity contribution >= 4 is 16.9 Å². The molecule has 0 aliphatic carbocycles. The predicted octanol–water partition coefficient (Wildman–Crippen LogP) is 3.34. The van der Waals surface area contributed by atoms with Crippen LogP contribution in [0.1, 0.15) is 41.4 Å². The van der Waals surface area contributed by atoms with Crippen molar-refractivity contribution < 1.29 is 13.6 Å². The largest absolute Gasteiger partial charge is 0.468 e. The Labute approximate surface area is 156 Å². The third-order valence-corrected chi connectivity index (χ3v) is 5.05. The van der Waals surface area contributed by atoms with Gasteiger partial charge >= 0.3 is 5.63 Å². The Morgan fingerprint density at radius 3 is 2.70 bits per heavy atom. The van der Waals surface area contributed by atoms with Crippen molar-refractivity contribution in [3.8, 4) is 0 Å². The maximum Gasteiger partial charge on any atom is 0.349 e. The van der Waals surface area contributed by atoms with Crippen LogP contribution in [-0.2, 0) is 0 Å². The second kappa shape index (κ2) is 7.80. The number of hydrogen-bond acceptors (Lipinski definition) is 5. The predicted molar refractivity (Wildman–Crippen MR) is 102 cm³/mol. The molecule has 1 saturated heterocycles.